The Hall–Kier alpha value is -2.04. The predicted octanol–water partition coefficient (Wildman–Crippen LogP) is 3.43. The zero-order valence-corrected chi connectivity index (χ0v) is 12.8. The van der Waals surface area contributed by atoms with Gasteiger partial charge in [0.25, 0.3) is 5.91 Å². The molecule has 2 aromatic rings. The second-order valence-corrected chi connectivity index (χ2v) is 5.49. The van der Waals surface area contributed by atoms with Crippen LogP contribution in [0.15, 0.2) is 48.5 Å². The lowest BCUT2D eigenvalue weighted by molar-refractivity contribution is 0.102. The highest BCUT2D eigenvalue weighted by Crippen LogP contribution is 2.21. The Morgan fingerprint density at radius 3 is 2.41 bits per heavy atom. The highest BCUT2D eigenvalue weighted by molar-refractivity contribution is 6.34. The van der Waals surface area contributed by atoms with E-state index in [1.807, 2.05) is 24.3 Å². The van der Waals surface area contributed by atoms with E-state index in [2.05, 4.69) is 10.2 Å². The summed E-state index contributed by atoms with van der Waals surface area (Å²) in [6.45, 7) is 3.30. The first-order valence-electron chi connectivity index (χ1n) is 7.23. The van der Waals surface area contributed by atoms with Crippen molar-refractivity contribution < 1.29 is 9.53 Å². The van der Waals surface area contributed by atoms with Crippen LogP contribution in [0.2, 0.25) is 5.02 Å². The second kappa shape index (κ2) is 6.81. The largest absolute Gasteiger partial charge is 0.378 e. The minimum atomic E-state index is -0.204. The van der Waals surface area contributed by atoms with Crippen molar-refractivity contribution in [3.05, 3.63) is 59.1 Å². The number of hydrogen-bond acceptors (Lipinski definition) is 3. The lowest BCUT2D eigenvalue weighted by Gasteiger charge is -2.28. The standard InChI is InChI=1S/C17H17ClN2O2/c18-16-4-2-1-3-15(16)17(21)19-13-5-7-14(8-6-13)20-9-11-22-12-10-20/h1-8H,9-12H2,(H,19,21). The Labute approximate surface area is 134 Å². The Bertz CT molecular complexity index is 652. The molecule has 0 aliphatic carbocycles. The average Bonchev–Trinajstić information content (AvgIpc) is 2.57. The Kier molecular flexibility index (Phi) is 4.61. The first-order valence-corrected chi connectivity index (χ1v) is 7.60. The molecule has 1 fully saturated rings. The summed E-state index contributed by atoms with van der Waals surface area (Å²) < 4.78 is 5.35. The molecule has 0 aromatic heterocycles. The van der Waals surface area contributed by atoms with Gasteiger partial charge < -0.3 is 15.0 Å². The topological polar surface area (TPSA) is 41.6 Å². The third kappa shape index (κ3) is 3.40. The number of nitrogens with zero attached hydrogens (tertiary/aromatic N) is 1. The van der Waals surface area contributed by atoms with Crippen LogP contribution in [0.4, 0.5) is 11.4 Å². The van der Waals surface area contributed by atoms with Gasteiger partial charge in [0.2, 0.25) is 0 Å². The average molecular weight is 317 g/mol. The van der Waals surface area contributed by atoms with Crippen LogP contribution in [0.1, 0.15) is 10.4 Å². The number of halogens is 1. The SMILES string of the molecule is O=C(Nc1ccc(N2CCOCC2)cc1)c1ccccc1Cl. The third-order valence-electron chi connectivity index (χ3n) is 3.62. The van der Waals surface area contributed by atoms with Crippen LogP contribution in [0.5, 0.6) is 0 Å². The first kappa shape index (κ1) is 14.9. The van der Waals surface area contributed by atoms with Gasteiger partial charge in [-0.1, -0.05) is 23.7 Å². The number of carbonyl (C=O) groups is 1. The third-order valence-corrected chi connectivity index (χ3v) is 3.95. The molecule has 22 heavy (non-hydrogen) atoms. The van der Waals surface area contributed by atoms with Crippen LogP contribution in [0.3, 0.4) is 0 Å². The van der Waals surface area contributed by atoms with Crippen molar-refractivity contribution in [3.63, 3.8) is 0 Å². The van der Waals surface area contributed by atoms with E-state index in [4.69, 9.17) is 16.3 Å². The molecule has 0 saturated carbocycles. The van der Waals surface area contributed by atoms with Crippen molar-refractivity contribution in [2.24, 2.45) is 0 Å². The molecule has 0 atom stereocenters. The van der Waals surface area contributed by atoms with Crippen LogP contribution in [-0.2, 0) is 4.74 Å². The maximum Gasteiger partial charge on any atom is 0.257 e. The van der Waals surface area contributed by atoms with E-state index in [0.717, 1.165) is 37.7 Å². The Morgan fingerprint density at radius 2 is 1.73 bits per heavy atom. The summed E-state index contributed by atoms with van der Waals surface area (Å²) in [4.78, 5) is 14.5. The molecule has 1 N–H and O–H groups in total. The maximum absolute atomic E-state index is 12.2. The Balaban J connectivity index is 1.68. The molecule has 4 nitrogen and oxygen atoms in total. The summed E-state index contributed by atoms with van der Waals surface area (Å²) in [5, 5.41) is 3.31. The summed E-state index contributed by atoms with van der Waals surface area (Å²) >= 11 is 6.03. The normalized spacial score (nSPS) is 14.7. The summed E-state index contributed by atoms with van der Waals surface area (Å²) in [6.07, 6.45) is 0. The lowest BCUT2D eigenvalue weighted by atomic mass is 10.2. The number of rotatable bonds is 3. The van der Waals surface area contributed by atoms with E-state index in [1.54, 1.807) is 24.3 Å². The van der Waals surface area contributed by atoms with Gasteiger partial charge in [-0.05, 0) is 36.4 Å². The van der Waals surface area contributed by atoms with Crippen LogP contribution < -0.4 is 10.2 Å². The number of nitrogens with one attached hydrogen (secondary N) is 1. The highest BCUT2D eigenvalue weighted by atomic mass is 35.5. The number of hydrogen-bond donors (Lipinski definition) is 1. The van der Waals surface area contributed by atoms with Crippen molar-refractivity contribution in [1.29, 1.82) is 0 Å². The zero-order valence-electron chi connectivity index (χ0n) is 12.1. The van der Waals surface area contributed by atoms with Crippen molar-refractivity contribution in [2.45, 2.75) is 0 Å². The number of anilines is 2. The zero-order chi connectivity index (χ0) is 15.4. The van der Waals surface area contributed by atoms with E-state index in [9.17, 15) is 4.79 Å². The molecule has 1 amide bonds. The van der Waals surface area contributed by atoms with E-state index in [1.165, 1.54) is 0 Å². The highest BCUT2D eigenvalue weighted by Gasteiger charge is 2.12. The van der Waals surface area contributed by atoms with E-state index in [0.29, 0.717) is 10.6 Å². The monoisotopic (exact) mass is 316 g/mol. The molecular formula is C17H17ClN2O2. The molecule has 2 aromatic carbocycles. The van der Waals surface area contributed by atoms with Crippen LogP contribution in [0, 0.1) is 0 Å². The quantitative estimate of drug-likeness (QED) is 0.943. The second-order valence-electron chi connectivity index (χ2n) is 5.08. The minimum Gasteiger partial charge on any atom is -0.378 e. The molecule has 5 heteroatoms. The van der Waals surface area contributed by atoms with E-state index >= 15 is 0 Å². The number of benzene rings is 2. The van der Waals surface area contributed by atoms with Crippen molar-refractivity contribution >= 4 is 28.9 Å². The van der Waals surface area contributed by atoms with Gasteiger partial charge in [-0.25, -0.2) is 0 Å². The number of ether oxygens (including phenoxy) is 1. The van der Waals surface area contributed by atoms with Gasteiger partial charge in [-0.15, -0.1) is 0 Å². The molecule has 1 heterocycles. The fourth-order valence-electron chi connectivity index (χ4n) is 2.42. The molecule has 114 valence electrons. The van der Waals surface area contributed by atoms with Crippen LogP contribution >= 0.6 is 11.6 Å². The first-order chi connectivity index (χ1) is 10.7. The lowest BCUT2D eigenvalue weighted by Crippen LogP contribution is -2.36. The molecule has 0 unspecified atom stereocenters. The molecule has 0 radical (unpaired) electrons. The molecule has 0 bridgehead atoms. The summed E-state index contributed by atoms with van der Waals surface area (Å²) in [6, 6.07) is 14.8. The van der Waals surface area contributed by atoms with Gasteiger partial charge in [0.1, 0.15) is 0 Å². The number of morpholine rings is 1. The molecular weight excluding hydrogens is 300 g/mol. The van der Waals surface area contributed by atoms with Crippen LogP contribution in [0.25, 0.3) is 0 Å². The molecule has 1 aliphatic heterocycles. The minimum absolute atomic E-state index is 0.204. The van der Waals surface area contributed by atoms with Crippen molar-refractivity contribution in [1.82, 2.24) is 0 Å². The molecule has 1 aliphatic rings. The summed E-state index contributed by atoms with van der Waals surface area (Å²) in [5.41, 5.74) is 2.36. The molecule has 1 saturated heterocycles. The summed E-state index contributed by atoms with van der Waals surface area (Å²) in [7, 11) is 0. The fourth-order valence-corrected chi connectivity index (χ4v) is 2.64. The predicted molar refractivity (Wildman–Crippen MR) is 88.9 cm³/mol. The van der Waals surface area contributed by atoms with E-state index < -0.39 is 0 Å². The fraction of sp³-hybridized carbons (Fsp3) is 0.235. The van der Waals surface area contributed by atoms with Crippen LogP contribution in [-0.4, -0.2) is 32.2 Å². The summed E-state index contributed by atoms with van der Waals surface area (Å²) in [5.74, 6) is -0.204. The van der Waals surface area contributed by atoms with E-state index in [-0.39, 0.29) is 5.91 Å². The van der Waals surface area contributed by atoms with Gasteiger partial charge in [0.15, 0.2) is 0 Å². The molecule has 3 rings (SSSR count). The smallest absolute Gasteiger partial charge is 0.257 e. The van der Waals surface area contributed by atoms with Gasteiger partial charge in [0, 0.05) is 24.5 Å². The Morgan fingerprint density at radius 1 is 1.05 bits per heavy atom. The number of amides is 1. The molecule has 0 spiro atoms. The van der Waals surface area contributed by atoms with Gasteiger partial charge in [-0.3, -0.25) is 4.79 Å². The van der Waals surface area contributed by atoms with Gasteiger partial charge in [0.05, 0.1) is 23.8 Å². The van der Waals surface area contributed by atoms with Gasteiger partial charge >= 0.3 is 0 Å². The van der Waals surface area contributed by atoms with Gasteiger partial charge in [-0.2, -0.15) is 0 Å². The van der Waals surface area contributed by atoms with Crippen molar-refractivity contribution in [3.8, 4) is 0 Å². The number of carbonyl (C=O) groups excluding carboxylic acids is 1. The maximum atomic E-state index is 12.2. The van der Waals surface area contributed by atoms with Crippen molar-refractivity contribution in [2.75, 3.05) is 36.5 Å².